The van der Waals surface area contributed by atoms with E-state index in [0.29, 0.717) is 5.92 Å². The molecule has 2 heterocycles. The Hall–Kier alpha value is -1.54. The molecule has 3 rings (SSSR count). The zero-order valence-electron chi connectivity index (χ0n) is 15.3. The van der Waals surface area contributed by atoms with Crippen molar-refractivity contribution in [1.29, 1.82) is 0 Å². The second-order valence-electron chi connectivity index (χ2n) is 6.31. The molecule has 0 spiro atoms. The maximum absolute atomic E-state index is 4.33. The molecule has 4 nitrogen and oxygen atoms in total. The highest BCUT2D eigenvalue weighted by Crippen LogP contribution is 2.19. The van der Waals surface area contributed by atoms with Crippen LogP contribution in [-0.2, 0) is 6.54 Å². The Labute approximate surface area is 177 Å². The summed E-state index contributed by atoms with van der Waals surface area (Å²) in [5.41, 5.74) is 3.91. The Bertz CT molecular complexity index is 719. The van der Waals surface area contributed by atoms with Crippen LogP contribution < -0.4 is 15.5 Å². The number of rotatable bonds is 6. The van der Waals surface area contributed by atoms with E-state index in [1.807, 2.05) is 7.05 Å². The van der Waals surface area contributed by atoms with Crippen molar-refractivity contribution < 1.29 is 0 Å². The Morgan fingerprint density at radius 2 is 2.04 bits per heavy atom. The minimum atomic E-state index is 0. The summed E-state index contributed by atoms with van der Waals surface area (Å²) in [6.07, 6.45) is 4.43. The van der Waals surface area contributed by atoms with Crippen LogP contribution in [0.1, 0.15) is 24.0 Å². The molecular formula is C20H27IN4S. The molecule has 0 fully saturated rings. The number of thiophene rings is 1. The predicted molar refractivity (Wildman–Crippen MR) is 124 cm³/mol. The van der Waals surface area contributed by atoms with E-state index in [9.17, 15) is 0 Å². The van der Waals surface area contributed by atoms with Gasteiger partial charge in [0.1, 0.15) is 0 Å². The quantitative estimate of drug-likeness (QED) is 0.281. The number of aliphatic imine (C=N–C) groups is 1. The molecule has 0 radical (unpaired) electrons. The maximum atomic E-state index is 4.33. The predicted octanol–water partition coefficient (Wildman–Crippen LogP) is 4.21. The number of guanidine groups is 1. The number of anilines is 1. The minimum absolute atomic E-state index is 0. The monoisotopic (exact) mass is 482 g/mol. The highest BCUT2D eigenvalue weighted by atomic mass is 127. The molecule has 0 aliphatic carbocycles. The van der Waals surface area contributed by atoms with Gasteiger partial charge < -0.3 is 15.5 Å². The molecule has 140 valence electrons. The highest BCUT2D eigenvalue weighted by molar-refractivity contribution is 14.0. The topological polar surface area (TPSA) is 39.7 Å². The Kier molecular flexibility index (Phi) is 8.44. The molecular weight excluding hydrogens is 455 g/mol. The van der Waals surface area contributed by atoms with Gasteiger partial charge >= 0.3 is 0 Å². The first kappa shape index (κ1) is 20.8. The Balaban J connectivity index is 0.00000243. The molecule has 26 heavy (non-hydrogen) atoms. The molecule has 1 aromatic heterocycles. The van der Waals surface area contributed by atoms with Gasteiger partial charge in [0.15, 0.2) is 5.96 Å². The van der Waals surface area contributed by atoms with Gasteiger partial charge in [-0.2, -0.15) is 11.3 Å². The molecule has 0 saturated carbocycles. The molecule has 1 aromatic carbocycles. The summed E-state index contributed by atoms with van der Waals surface area (Å²) < 4.78 is 0. The molecule has 1 atom stereocenters. The number of hydrogen-bond donors (Lipinski definition) is 2. The number of benzene rings is 1. The average Bonchev–Trinajstić information content (AvgIpc) is 3.35. The average molecular weight is 482 g/mol. The molecule has 6 heteroatoms. The summed E-state index contributed by atoms with van der Waals surface area (Å²) in [6.45, 7) is 5.87. The number of hydrogen-bond acceptors (Lipinski definition) is 3. The van der Waals surface area contributed by atoms with Crippen molar-refractivity contribution in [1.82, 2.24) is 10.6 Å². The number of halogens is 1. The van der Waals surface area contributed by atoms with E-state index >= 15 is 0 Å². The SMILES string of the molecule is CN=C(NCc1cccc(N2CC=CC2)c1)NCC(C)c1ccsc1.I. The van der Waals surface area contributed by atoms with Gasteiger partial charge in [-0.1, -0.05) is 31.2 Å². The van der Waals surface area contributed by atoms with E-state index in [1.165, 1.54) is 16.8 Å². The van der Waals surface area contributed by atoms with Gasteiger partial charge in [0.05, 0.1) is 0 Å². The van der Waals surface area contributed by atoms with Gasteiger partial charge in [-0.3, -0.25) is 4.99 Å². The van der Waals surface area contributed by atoms with Gasteiger partial charge in [-0.15, -0.1) is 24.0 Å². The van der Waals surface area contributed by atoms with Crippen LogP contribution in [0.15, 0.2) is 58.2 Å². The van der Waals surface area contributed by atoms with Crippen molar-refractivity contribution in [3.8, 4) is 0 Å². The van der Waals surface area contributed by atoms with Crippen LogP contribution in [0.5, 0.6) is 0 Å². The van der Waals surface area contributed by atoms with Crippen molar-refractivity contribution >= 4 is 47.0 Å². The van der Waals surface area contributed by atoms with E-state index in [1.54, 1.807) is 11.3 Å². The third-order valence-corrected chi connectivity index (χ3v) is 5.17. The van der Waals surface area contributed by atoms with Crippen molar-refractivity contribution in [3.05, 3.63) is 64.4 Å². The second kappa shape index (κ2) is 10.6. The summed E-state index contributed by atoms with van der Waals surface area (Å²) >= 11 is 1.75. The van der Waals surface area contributed by atoms with E-state index in [-0.39, 0.29) is 24.0 Å². The minimum Gasteiger partial charge on any atom is -0.364 e. The summed E-state index contributed by atoms with van der Waals surface area (Å²) in [5.74, 6) is 1.31. The number of nitrogens with one attached hydrogen (secondary N) is 2. The van der Waals surface area contributed by atoms with E-state index in [0.717, 1.165) is 32.1 Å². The first-order valence-corrected chi connectivity index (χ1v) is 9.66. The lowest BCUT2D eigenvalue weighted by Gasteiger charge is -2.19. The summed E-state index contributed by atoms with van der Waals surface area (Å²) in [6, 6.07) is 10.9. The Morgan fingerprint density at radius 3 is 2.73 bits per heavy atom. The molecule has 1 unspecified atom stereocenters. The van der Waals surface area contributed by atoms with E-state index < -0.39 is 0 Å². The van der Waals surface area contributed by atoms with Crippen LogP contribution in [0.25, 0.3) is 0 Å². The van der Waals surface area contributed by atoms with Gasteiger partial charge in [-0.25, -0.2) is 0 Å². The lowest BCUT2D eigenvalue weighted by Crippen LogP contribution is -2.38. The van der Waals surface area contributed by atoms with Crippen LogP contribution in [0, 0.1) is 0 Å². The van der Waals surface area contributed by atoms with Crippen LogP contribution in [0.3, 0.4) is 0 Å². The summed E-state index contributed by atoms with van der Waals surface area (Å²) in [7, 11) is 1.82. The second-order valence-corrected chi connectivity index (χ2v) is 7.09. The molecule has 0 bridgehead atoms. The standard InChI is InChI=1S/C20H26N4S.HI/c1-16(18-8-11-25-15-18)13-22-20(21-2)23-14-17-6-5-7-19(12-17)24-9-3-4-10-24;/h3-8,11-12,15-16H,9-10,13-14H2,1-2H3,(H2,21,22,23);1H. The van der Waals surface area contributed by atoms with Crippen molar-refractivity contribution in [2.24, 2.45) is 4.99 Å². The fourth-order valence-electron chi connectivity index (χ4n) is 2.88. The summed E-state index contributed by atoms with van der Waals surface area (Å²) in [5, 5.41) is 11.2. The zero-order chi connectivity index (χ0) is 17.5. The fraction of sp³-hybridized carbons (Fsp3) is 0.350. The van der Waals surface area contributed by atoms with Gasteiger partial charge in [-0.05, 0) is 46.0 Å². The van der Waals surface area contributed by atoms with Crippen LogP contribution in [-0.4, -0.2) is 32.6 Å². The lowest BCUT2D eigenvalue weighted by atomic mass is 10.1. The van der Waals surface area contributed by atoms with Gasteiger partial charge in [0.2, 0.25) is 0 Å². The fourth-order valence-corrected chi connectivity index (χ4v) is 3.66. The first-order chi connectivity index (χ1) is 12.3. The molecule has 2 aromatic rings. The van der Waals surface area contributed by atoms with Crippen LogP contribution in [0.2, 0.25) is 0 Å². The summed E-state index contributed by atoms with van der Waals surface area (Å²) in [4.78, 5) is 6.69. The largest absolute Gasteiger partial charge is 0.364 e. The van der Waals surface area contributed by atoms with Crippen molar-refractivity contribution in [2.75, 3.05) is 31.6 Å². The highest BCUT2D eigenvalue weighted by Gasteiger charge is 2.09. The molecule has 2 N–H and O–H groups in total. The first-order valence-electron chi connectivity index (χ1n) is 8.72. The molecule has 0 amide bonds. The molecule has 0 saturated heterocycles. The van der Waals surface area contributed by atoms with Gasteiger partial charge in [0.25, 0.3) is 0 Å². The van der Waals surface area contributed by atoms with Gasteiger partial charge in [0, 0.05) is 38.9 Å². The molecule has 1 aliphatic heterocycles. The Morgan fingerprint density at radius 1 is 1.23 bits per heavy atom. The maximum Gasteiger partial charge on any atom is 0.191 e. The van der Waals surface area contributed by atoms with Crippen molar-refractivity contribution in [3.63, 3.8) is 0 Å². The lowest BCUT2D eigenvalue weighted by molar-refractivity contribution is 0.701. The van der Waals surface area contributed by atoms with Crippen molar-refractivity contribution in [2.45, 2.75) is 19.4 Å². The number of nitrogens with zero attached hydrogens (tertiary/aromatic N) is 2. The third kappa shape index (κ3) is 5.74. The zero-order valence-corrected chi connectivity index (χ0v) is 18.5. The normalized spacial score (nSPS) is 14.8. The van der Waals surface area contributed by atoms with Crippen LogP contribution >= 0.6 is 35.3 Å². The molecule has 1 aliphatic rings. The van der Waals surface area contributed by atoms with E-state index in [2.05, 4.69) is 80.7 Å². The third-order valence-electron chi connectivity index (χ3n) is 4.47. The smallest absolute Gasteiger partial charge is 0.191 e. The van der Waals surface area contributed by atoms with E-state index in [4.69, 9.17) is 0 Å². The van der Waals surface area contributed by atoms with Crippen LogP contribution in [0.4, 0.5) is 5.69 Å².